The lowest BCUT2D eigenvalue weighted by atomic mass is 10.1. The van der Waals surface area contributed by atoms with Crippen LogP contribution < -0.4 is 10.6 Å². The second-order valence-electron chi connectivity index (χ2n) is 4.93. The maximum absolute atomic E-state index is 12.0. The van der Waals surface area contributed by atoms with Crippen molar-refractivity contribution in [2.45, 2.75) is 18.9 Å². The molecule has 1 aliphatic rings. The molecule has 1 amide bonds. The van der Waals surface area contributed by atoms with Crippen molar-refractivity contribution in [3.63, 3.8) is 0 Å². The van der Waals surface area contributed by atoms with Gasteiger partial charge in [-0.2, -0.15) is 0 Å². The molecule has 0 bridgehead atoms. The molecule has 0 atom stereocenters. The summed E-state index contributed by atoms with van der Waals surface area (Å²) in [7, 11) is 1.96. The van der Waals surface area contributed by atoms with E-state index >= 15 is 0 Å². The smallest absolute Gasteiger partial charge is 0.239 e. The number of anilines is 1. The van der Waals surface area contributed by atoms with E-state index in [9.17, 15) is 4.79 Å². The van der Waals surface area contributed by atoms with Crippen molar-refractivity contribution in [1.82, 2.24) is 15.2 Å². The Morgan fingerprint density at radius 2 is 2.20 bits per heavy atom. The predicted octanol–water partition coefficient (Wildman–Crippen LogP) is 2.01. The number of hydrogen-bond donors (Lipinski definition) is 2. The molecule has 1 aromatic rings. The molecule has 0 aromatic carbocycles. The van der Waals surface area contributed by atoms with Gasteiger partial charge in [-0.1, -0.05) is 23.2 Å². The Hall–Kier alpha value is -0.880. The molecular formula is C13H18Cl2N4O. The molecule has 5 nitrogen and oxygen atoms in total. The maximum Gasteiger partial charge on any atom is 0.239 e. The first-order valence-corrected chi connectivity index (χ1v) is 7.33. The standard InChI is InChI=1S/C13H18Cl2N4O/c1-19(10-2-4-16-5-3-10)8-12(20)18-13-11(15)6-9(14)7-17-13/h6-7,10,16H,2-5,8H2,1H3,(H,17,18,20). The van der Waals surface area contributed by atoms with Crippen LogP contribution in [0.3, 0.4) is 0 Å². The molecular weight excluding hydrogens is 299 g/mol. The number of rotatable bonds is 4. The molecule has 2 heterocycles. The fraction of sp³-hybridized carbons (Fsp3) is 0.538. The molecule has 2 N–H and O–H groups in total. The highest BCUT2D eigenvalue weighted by Crippen LogP contribution is 2.22. The van der Waals surface area contributed by atoms with Crippen LogP contribution in [-0.4, -0.2) is 48.5 Å². The number of nitrogens with one attached hydrogen (secondary N) is 2. The van der Waals surface area contributed by atoms with Crippen molar-refractivity contribution in [3.8, 4) is 0 Å². The number of amides is 1. The molecule has 1 aliphatic heterocycles. The molecule has 0 aliphatic carbocycles. The van der Waals surface area contributed by atoms with Crippen LogP contribution in [0.4, 0.5) is 5.82 Å². The summed E-state index contributed by atoms with van der Waals surface area (Å²) in [4.78, 5) is 18.1. The number of carbonyl (C=O) groups is 1. The average molecular weight is 317 g/mol. The summed E-state index contributed by atoms with van der Waals surface area (Å²) >= 11 is 11.7. The lowest BCUT2D eigenvalue weighted by Crippen LogP contribution is -2.44. The van der Waals surface area contributed by atoms with Gasteiger partial charge in [0.05, 0.1) is 16.6 Å². The summed E-state index contributed by atoms with van der Waals surface area (Å²) in [6.07, 6.45) is 3.58. The fourth-order valence-electron chi connectivity index (χ4n) is 2.28. The first-order valence-electron chi connectivity index (χ1n) is 6.58. The predicted molar refractivity (Wildman–Crippen MR) is 81.4 cm³/mol. The SMILES string of the molecule is CN(CC(=O)Nc1ncc(Cl)cc1Cl)C1CCNCC1. The van der Waals surface area contributed by atoms with Crippen LogP contribution in [0.25, 0.3) is 0 Å². The van der Waals surface area contributed by atoms with Crippen LogP contribution in [0.5, 0.6) is 0 Å². The minimum absolute atomic E-state index is 0.122. The van der Waals surface area contributed by atoms with Crippen molar-refractivity contribution in [3.05, 3.63) is 22.3 Å². The molecule has 0 radical (unpaired) electrons. The lowest BCUT2D eigenvalue weighted by Gasteiger charge is -2.31. The number of pyridine rings is 1. The second kappa shape index (κ2) is 7.22. The molecule has 1 aromatic heterocycles. The Morgan fingerprint density at radius 3 is 2.85 bits per heavy atom. The third-order valence-corrected chi connectivity index (χ3v) is 3.89. The topological polar surface area (TPSA) is 57.3 Å². The van der Waals surface area contributed by atoms with E-state index in [4.69, 9.17) is 23.2 Å². The molecule has 7 heteroatoms. The lowest BCUT2D eigenvalue weighted by molar-refractivity contribution is -0.117. The number of carbonyl (C=O) groups excluding carboxylic acids is 1. The highest BCUT2D eigenvalue weighted by atomic mass is 35.5. The van der Waals surface area contributed by atoms with E-state index in [0.717, 1.165) is 25.9 Å². The summed E-state index contributed by atoms with van der Waals surface area (Å²) in [5.41, 5.74) is 0. The molecule has 20 heavy (non-hydrogen) atoms. The van der Waals surface area contributed by atoms with E-state index in [-0.39, 0.29) is 5.91 Å². The summed E-state index contributed by atoms with van der Waals surface area (Å²) < 4.78 is 0. The number of aromatic nitrogens is 1. The van der Waals surface area contributed by atoms with E-state index in [1.165, 1.54) is 6.20 Å². The van der Waals surface area contributed by atoms with E-state index in [1.807, 2.05) is 7.05 Å². The van der Waals surface area contributed by atoms with Gasteiger partial charge in [-0.05, 0) is 39.0 Å². The first-order chi connectivity index (χ1) is 9.56. The van der Waals surface area contributed by atoms with Gasteiger partial charge in [0.15, 0.2) is 5.82 Å². The highest BCUT2D eigenvalue weighted by Gasteiger charge is 2.20. The van der Waals surface area contributed by atoms with Crippen LogP contribution >= 0.6 is 23.2 Å². The number of likely N-dealkylation sites (N-methyl/N-ethyl adjacent to an activating group) is 1. The van der Waals surface area contributed by atoms with E-state index in [0.29, 0.717) is 28.4 Å². The van der Waals surface area contributed by atoms with Gasteiger partial charge in [-0.15, -0.1) is 0 Å². The monoisotopic (exact) mass is 316 g/mol. The number of piperidine rings is 1. The third-order valence-electron chi connectivity index (χ3n) is 3.39. The van der Waals surface area contributed by atoms with Gasteiger partial charge >= 0.3 is 0 Å². The molecule has 0 saturated carbocycles. The number of halogens is 2. The Morgan fingerprint density at radius 1 is 1.50 bits per heavy atom. The van der Waals surface area contributed by atoms with Gasteiger partial charge in [-0.3, -0.25) is 9.69 Å². The van der Waals surface area contributed by atoms with Crippen molar-refractivity contribution >= 4 is 34.9 Å². The van der Waals surface area contributed by atoms with Gasteiger partial charge in [0, 0.05) is 12.2 Å². The largest absolute Gasteiger partial charge is 0.317 e. The molecule has 0 spiro atoms. The second-order valence-corrected chi connectivity index (χ2v) is 5.77. The first kappa shape index (κ1) is 15.5. The Labute approximate surface area is 128 Å². The summed E-state index contributed by atoms with van der Waals surface area (Å²) in [5.74, 6) is 0.225. The van der Waals surface area contributed by atoms with Gasteiger partial charge in [0.1, 0.15) is 0 Å². The Kier molecular flexibility index (Phi) is 5.60. The van der Waals surface area contributed by atoms with E-state index < -0.39 is 0 Å². The molecule has 2 rings (SSSR count). The summed E-state index contributed by atoms with van der Waals surface area (Å²) in [6.45, 7) is 2.33. The quantitative estimate of drug-likeness (QED) is 0.892. The summed E-state index contributed by atoms with van der Waals surface area (Å²) in [5, 5.41) is 6.81. The van der Waals surface area contributed by atoms with Crippen molar-refractivity contribution in [2.24, 2.45) is 0 Å². The molecule has 0 unspecified atom stereocenters. The van der Waals surface area contributed by atoms with Crippen LogP contribution in [-0.2, 0) is 4.79 Å². The van der Waals surface area contributed by atoms with E-state index in [1.54, 1.807) is 6.07 Å². The van der Waals surface area contributed by atoms with Crippen molar-refractivity contribution < 1.29 is 4.79 Å². The van der Waals surface area contributed by atoms with Gasteiger partial charge < -0.3 is 10.6 Å². The average Bonchev–Trinajstić information content (AvgIpc) is 2.43. The van der Waals surface area contributed by atoms with Crippen molar-refractivity contribution in [2.75, 3.05) is 32.0 Å². The normalized spacial score (nSPS) is 16.4. The Balaban J connectivity index is 1.88. The van der Waals surface area contributed by atoms with Crippen LogP contribution in [0.2, 0.25) is 10.0 Å². The highest BCUT2D eigenvalue weighted by molar-refractivity contribution is 6.36. The zero-order valence-electron chi connectivity index (χ0n) is 11.3. The molecule has 1 fully saturated rings. The maximum atomic E-state index is 12.0. The number of nitrogens with zero attached hydrogens (tertiary/aromatic N) is 2. The number of hydrogen-bond acceptors (Lipinski definition) is 4. The molecule has 110 valence electrons. The minimum Gasteiger partial charge on any atom is -0.317 e. The zero-order chi connectivity index (χ0) is 14.5. The third kappa shape index (κ3) is 4.31. The van der Waals surface area contributed by atoms with Crippen molar-refractivity contribution in [1.29, 1.82) is 0 Å². The Bertz CT molecular complexity index is 477. The van der Waals surface area contributed by atoms with Crippen LogP contribution in [0, 0.1) is 0 Å². The van der Waals surface area contributed by atoms with Gasteiger partial charge in [0.25, 0.3) is 0 Å². The van der Waals surface area contributed by atoms with E-state index in [2.05, 4.69) is 20.5 Å². The van der Waals surface area contributed by atoms with Crippen LogP contribution in [0.1, 0.15) is 12.8 Å². The minimum atomic E-state index is -0.122. The van der Waals surface area contributed by atoms with Gasteiger partial charge in [0.2, 0.25) is 5.91 Å². The van der Waals surface area contributed by atoms with Crippen LogP contribution in [0.15, 0.2) is 12.3 Å². The summed E-state index contributed by atoms with van der Waals surface area (Å²) in [6, 6.07) is 2.00. The molecule has 1 saturated heterocycles. The van der Waals surface area contributed by atoms with Gasteiger partial charge in [-0.25, -0.2) is 4.98 Å². The fourth-order valence-corrected chi connectivity index (χ4v) is 2.71. The zero-order valence-corrected chi connectivity index (χ0v) is 12.8.